The third kappa shape index (κ3) is 4.04. The number of rotatable bonds is 5. The van der Waals surface area contributed by atoms with E-state index < -0.39 is 19.7 Å². The zero-order chi connectivity index (χ0) is 23.1. The molecule has 0 bridgehead atoms. The van der Waals surface area contributed by atoms with Gasteiger partial charge < -0.3 is 0 Å². The summed E-state index contributed by atoms with van der Waals surface area (Å²) in [6, 6.07) is 19.8. The molecule has 0 aromatic heterocycles. The smallest absolute Gasteiger partial charge is 0.207 e. The van der Waals surface area contributed by atoms with Crippen LogP contribution >= 0.6 is 23.2 Å². The first-order chi connectivity index (χ1) is 15.1. The predicted octanol–water partition coefficient (Wildman–Crippen LogP) is 6.37. The Morgan fingerprint density at radius 3 is 1.62 bits per heavy atom. The molecule has 0 aliphatic rings. The fraction of sp³-hybridized carbons (Fsp3) is 0.0833. The first kappa shape index (κ1) is 22.8. The third-order valence-corrected chi connectivity index (χ3v) is 9.35. The van der Waals surface area contributed by atoms with Crippen molar-refractivity contribution in [1.29, 1.82) is 0 Å². The van der Waals surface area contributed by atoms with Crippen LogP contribution in [0, 0.1) is 0 Å². The Bertz CT molecular complexity index is 1530. The third-order valence-electron chi connectivity index (χ3n) is 5.21. The zero-order valence-electron chi connectivity index (χ0n) is 16.9. The van der Waals surface area contributed by atoms with Crippen LogP contribution in [-0.2, 0) is 26.1 Å². The Kier molecular flexibility index (Phi) is 6.07. The maximum absolute atomic E-state index is 13.5. The quantitative estimate of drug-likeness (QED) is 0.316. The van der Waals surface area contributed by atoms with Crippen molar-refractivity contribution in [2.24, 2.45) is 0 Å². The summed E-state index contributed by atoms with van der Waals surface area (Å²) in [5.74, 6) is 0. The van der Waals surface area contributed by atoms with Gasteiger partial charge in [0.25, 0.3) is 0 Å². The molecular formula is C24H18Cl2O4S2. The monoisotopic (exact) mass is 504 g/mol. The molecule has 0 amide bonds. The van der Waals surface area contributed by atoms with Crippen molar-refractivity contribution in [2.75, 3.05) is 0 Å². The van der Waals surface area contributed by atoms with Gasteiger partial charge in [-0.25, -0.2) is 16.8 Å². The molecule has 0 radical (unpaired) electrons. The number of hydrogen-bond acceptors (Lipinski definition) is 4. The molecule has 0 atom stereocenters. The van der Waals surface area contributed by atoms with Crippen LogP contribution in [0.3, 0.4) is 0 Å². The summed E-state index contributed by atoms with van der Waals surface area (Å²) in [5, 5.41) is 1.54. The molecule has 4 rings (SSSR count). The highest BCUT2D eigenvalue weighted by Crippen LogP contribution is 2.35. The Balaban J connectivity index is 2.02. The summed E-state index contributed by atoms with van der Waals surface area (Å²) in [6.07, 6.45) is 0.536. The van der Waals surface area contributed by atoms with Crippen molar-refractivity contribution in [3.05, 3.63) is 94.5 Å². The summed E-state index contributed by atoms with van der Waals surface area (Å²) >= 11 is 11.8. The Hall–Kier alpha value is -2.38. The summed E-state index contributed by atoms with van der Waals surface area (Å²) in [7, 11) is -7.83. The number of halogens is 2. The lowest BCUT2D eigenvalue weighted by atomic mass is 10.1. The maximum Gasteiger partial charge on any atom is 0.207 e. The average molecular weight is 505 g/mol. The van der Waals surface area contributed by atoms with Crippen molar-refractivity contribution < 1.29 is 16.8 Å². The van der Waals surface area contributed by atoms with E-state index in [4.69, 9.17) is 23.2 Å². The SMILES string of the molecule is CCc1cc(S(=O)(=O)c2ccc(Cl)cc2)c2cccc(S(=O)(=O)c3ccc(Cl)cc3)c2c1. The van der Waals surface area contributed by atoms with Crippen LogP contribution in [0.1, 0.15) is 12.5 Å². The number of fused-ring (bicyclic) bond motifs is 1. The molecule has 32 heavy (non-hydrogen) atoms. The van der Waals surface area contributed by atoms with E-state index in [9.17, 15) is 16.8 Å². The first-order valence-corrected chi connectivity index (χ1v) is 13.4. The van der Waals surface area contributed by atoms with Gasteiger partial charge in [0.15, 0.2) is 0 Å². The molecule has 0 heterocycles. The van der Waals surface area contributed by atoms with Crippen LogP contribution in [0.5, 0.6) is 0 Å². The van der Waals surface area contributed by atoms with E-state index in [0.717, 1.165) is 0 Å². The molecule has 0 saturated carbocycles. The van der Waals surface area contributed by atoms with E-state index >= 15 is 0 Å². The summed E-state index contributed by atoms with van der Waals surface area (Å²) < 4.78 is 53.8. The van der Waals surface area contributed by atoms with Gasteiger partial charge in [-0.1, -0.05) is 42.3 Å². The largest absolute Gasteiger partial charge is 0.218 e. The van der Waals surface area contributed by atoms with Gasteiger partial charge in [0.05, 0.1) is 19.6 Å². The van der Waals surface area contributed by atoms with E-state index in [2.05, 4.69) is 0 Å². The molecule has 0 fully saturated rings. The van der Waals surface area contributed by atoms with Gasteiger partial charge in [0, 0.05) is 20.8 Å². The van der Waals surface area contributed by atoms with Crippen molar-refractivity contribution in [1.82, 2.24) is 0 Å². The lowest BCUT2D eigenvalue weighted by Gasteiger charge is -2.14. The second-order valence-corrected chi connectivity index (χ2v) is 11.9. The molecule has 0 aliphatic heterocycles. The fourth-order valence-electron chi connectivity index (χ4n) is 3.52. The number of aryl methyl sites for hydroxylation is 1. The van der Waals surface area contributed by atoms with Crippen LogP contribution in [0.2, 0.25) is 10.0 Å². The highest BCUT2D eigenvalue weighted by atomic mass is 35.5. The standard InChI is InChI=1S/C24H18Cl2O4S2/c1-2-16-14-22-21(24(15-16)32(29,30)20-12-8-18(26)9-13-20)4-3-5-23(22)31(27,28)19-10-6-17(25)7-11-19/h3-15H,2H2,1H3. The van der Waals surface area contributed by atoms with E-state index in [1.165, 1.54) is 54.6 Å². The number of sulfone groups is 2. The van der Waals surface area contributed by atoms with Gasteiger partial charge >= 0.3 is 0 Å². The highest BCUT2D eigenvalue weighted by Gasteiger charge is 2.26. The maximum atomic E-state index is 13.5. The molecule has 4 nitrogen and oxygen atoms in total. The molecule has 0 aliphatic carbocycles. The molecule has 0 spiro atoms. The highest BCUT2D eigenvalue weighted by molar-refractivity contribution is 7.92. The number of benzene rings is 4. The average Bonchev–Trinajstić information content (AvgIpc) is 2.78. The molecule has 0 saturated heterocycles. The van der Waals surface area contributed by atoms with Crippen LogP contribution in [0.4, 0.5) is 0 Å². The van der Waals surface area contributed by atoms with Gasteiger partial charge in [-0.2, -0.15) is 0 Å². The second-order valence-electron chi connectivity index (χ2n) is 7.21. The topological polar surface area (TPSA) is 68.3 Å². The Labute approximate surface area is 197 Å². The van der Waals surface area contributed by atoms with Crippen molar-refractivity contribution in [3.63, 3.8) is 0 Å². The minimum atomic E-state index is -3.92. The van der Waals surface area contributed by atoms with E-state index in [1.54, 1.807) is 24.3 Å². The zero-order valence-corrected chi connectivity index (χ0v) is 20.1. The molecule has 0 N–H and O–H groups in total. The van der Waals surface area contributed by atoms with Crippen LogP contribution in [-0.4, -0.2) is 16.8 Å². The van der Waals surface area contributed by atoms with E-state index in [-0.39, 0.29) is 19.6 Å². The van der Waals surface area contributed by atoms with Crippen LogP contribution in [0.25, 0.3) is 10.8 Å². The molecule has 0 unspecified atom stereocenters. The normalized spacial score (nSPS) is 12.2. The summed E-state index contributed by atoms with van der Waals surface area (Å²) in [6.45, 7) is 1.89. The van der Waals surface area contributed by atoms with Gasteiger partial charge in [-0.3, -0.25) is 0 Å². The van der Waals surface area contributed by atoms with Gasteiger partial charge in [-0.15, -0.1) is 0 Å². The lowest BCUT2D eigenvalue weighted by molar-refractivity contribution is 0.594. The van der Waals surface area contributed by atoms with E-state index in [1.807, 2.05) is 6.92 Å². The lowest BCUT2D eigenvalue weighted by Crippen LogP contribution is -2.07. The predicted molar refractivity (Wildman–Crippen MR) is 127 cm³/mol. The molecule has 164 valence electrons. The first-order valence-electron chi connectivity index (χ1n) is 9.71. The molecule has 4 aromatic carbocycles. The van der Waals surface area contributed by atoms with Crippen LogP contribution < -0.4 is 0 Å². The second kappa shape index (κ2) is 8.52. The number of hydrogen-bond donors (Lipinski definition) is 0. The van der Waals surface area contributed by atoms with Crippen LogP contribution in [0.15, 0.2) is 98.4 Å². The summed E-state index contributed by atoms with van der Waals surface area (Å²) in [5.41, 5.74) is 0.712. The van der Waals surface area contributed by atoms with Crippen molar-refractivity contribution >= 4 is 53.6 Å². The molecule has 8 heteroatoms. The molecule has 4 aromatic rings. The van der Waals surface area contributed by atoms with E-state index in [0.29, 0.717) is 32.8 Å². The van der Waals surface area contributed by atoms with Gasteiger partial charge in [0.2, 0.25) is 19.7 Å². The van der Waals surface area contributed by atoms with Gasteiger partial charge in [-0.05, 0) is 78.7 Å². The van der Waals surface area contributed by atoms with Crippen molar-refractivity contribution in [2.45, 2.75) is 32.9 Å². The fourth-order valence-corrected chi connectivity index (χ4v) is 6.76. The Morgan fingerprint density at radius 1 is 0.625 bits per heavy atom. The van der Waals surface area contributed by atoms with Gasteiger partial charge in [0.1, 0.15) is 0 Å². The molecular weight excluding hydrogens is 487 g/mol. The van der Waals surface area contributed by atoms with Crippen molar-refractivity contribution in [3.8, 4) is 0 Å². The minimum Gasteiger partial charge on any atom is -0.218 e. The summed E-state index contributed by atoms with van der Waals surface area (Å²) in [4.78, 5) is 0.267. The Morgan fingerprint density at radius 2 is 1.12 bits per heavy atom. The minimum absolute atomic E-state index is 0.0418.